The van der Waals surface area contributed by atoms with E-state index in [9.17, 15) is 4.39 Å². The summed E-state index contributed by atoms with van der Waals surface area (Å²) in [6.07, 6.45) is 4.92. The molecule has 0 unspecified atom stereocenters. The molecule has 3 aromatic rings. The molecule has 0 aliphatic rings. The van der Waals surface area contributed by atoms with Gasteiger partial charge in [-0.05, 0) is 30.3 Å². The molecule has 3 nitrogen and oxygen atoms in total. The van der Waals surface area contributed by atoms with E-state index in [1.54, 1.807) is 18.5 Å². The minimum absolute atomic E-state index is 0.283. The first-order valence-electron chi connectivity index (χ1n) is 5.31. The van der Waals surface area contributed by atoms with Crippen LogP contribution in [0.3, 0.4) is 0 Å². The van der Waals surface area contributed by atoms with E-state index in [1.807, 2.05) is 12.1 Å². The lowest BCUT2D eigenvalue weighted by Gasteiger charge is -2.04. The molecule has 88 valence electrons. The molecule has 0 aliphatic heterocycles. The molecule has 0 saturated carbocycles. The molecule has 0 saturated heterocycles. The molecule has 5 heteroatoms. The number of aromatic nitrogens is 3. The van der Waals surface area contributed by atoms with Gasteiger partial charge < -0.3 is 0 Å². The molecule has 0 bridgehead atoms. The fourth-order valence-electron chi connectivity index (χ4n) is 1.60. The molecule has 18 heavy (non-hydrogen) atoms. The van der Waals surface area contributed by atoms with Crippen LogP contribution in [0.5, 0.6) is 0 Å². The van der Waals surface area contributed by atoms with Gasteiger partial charge in [0, 0.05) is 22.7 Å². The molecule has 0 aliphatic carbocycles. The van der Waals surface area contributed by atoms with Crippen LogP contribution in [-0.2, 0) is 0 Å². The number of nitrogens with zero attached hydrogens (tertiary/aromatic N) is 3. The second kappa shape index (κ2) is 4.70. The molecular formula is C13H8FN3S. The summed E-state index contributed by atoms with van der Waals surface area (Å²) in [5.74, 6) is -0.283. The number of halogens is 1. The smallest absolute Gasteiger partial charge is 0.124 e. The Morgan fingerprint density at radius 3 is 2.67 bits per heavy atom. The van der Waals surface area contributed by atoms with E-state index in [-0.39, 0.29) is 5.82 Å². The summed E-state index contributed by atoms with van der Waals surface area (Å²) in [5.41, 5.74) is 0.739. The molecule has 0 atom stereocenters. The fraction of sp³-hybridized carbons (Fsp3) is 0. The highest BCUT2D eigenvalue weighted by molar-refractivity contribution is 7.99. The number of rotatable bonds is 2. The minimum Gasteiger partial charge on any atom is -0.265 e. The Balaban J connectivity index is 2.09. The maximum Gasteiger partial charge on any atom is 0.124 e. The summed E-state index contributed by atoms with van der Waals surface area (Å²) in [5, 5.41) is 1.46. The standard InChI is InChI=1S/C13H8FN3S/c14-9-1-2-12-11(7-9)13(17-8-16-12)18-10-3-5-15-6-4-10/h1-8H. The average molecular weight is 257 g/mol. The van der Waals surface area contributed by atoms with E-state index in [2.05, 4.69) is 15.0 Å². The van der Waals surface area contributed by atoms with Crippen molar-refractivity contribution < 1.29 is 4.39 Å². The number of benzene rings is 1. The van der Waals surface area contributed by atoms with Crippen molar-refractivity contribution in [2.75, 3.05) is 0 Å². The van der Waals surface area contributed by atoms with Crippen LogP contribution in [0.15, 0.2) is 59.0 Å². The zero-order valence-corrected chi connectivity index (χ0v) is 10.1. The molecule has 0 N–H and O–H groups in total. The van der Waals surface area contributed by atoms with Gasteiger partial charge in [0.05, 0.1) is 5.52 Å². The summed E-state index contributed by atoms with van der Waals surface area (Å²) in [7, 11) is 0. The monoisotopic (exact) mass is 257 g/mol. The lowest BCUT2D eigenvalue weighted by Crippen LogP contribution is -1.88. The summed E-state index contributed by atoms with van der Waals surface area (Å²) < 4.78 is 13.3. The van der Waals surface area contributed by atoms with Crippen molar-refractivity contribution in [1.29, 1.82) is 0 Å². The Kier molecular flexibility index (Phi) is 2.90. The number of fused-ring (bicyclic) bond motifs is 1. The summed E-state index contributed by atoms with van der Waals surface area (Å²) in [6.45, 7) is 0. The van der Waals surface area contributed by atoms with Crippen molar-refractivity contribution in [1.82, 2.24) is 15.0 Å². The van der Waals surface area contributed by atoms with Crippen molar-refractivity contribution in [3.8, 4) is 0 Å². The number of hydrogen-bond acceptors (Lipinski definition) is 4. The second-order valence-electron chi connectivity index (χ2n) is 3.63. The highest BCUT2D eigenvalue weighted by Gasteiger charge is 2.06. The molecular weight excluding hydrogens is 249 g/mol. The van der Waals surface area contributed by atoms with Gasteiger partial charge in [-0.2, -0.15) is 0 Å². The molecule has 3 rings (SSSR count). The van der Waals surface area contributed by atoms with Gasteiger partial charge in [0.1, 0.15) is 17.2 Å². The largest absolute Gasteiger partial charge is 0.265 e. The SMILES string of the molecule is Fc1ccc2ncnc(Sc3ccncc3)c2c1. The lowest BCUT2D eigenvalue weighted by atomic mass is 10.2. The van der Waals surface area contributed by atoms with Crippen LogP contribution in [0.4, 0.5) is 4.39 Å². The Hall–Kier alpha value is -2.01. The third-order valence-electron chi connectivity index (χ3n) is 2.43. The van der Waals surface area contributed by atoms with Crippen molar-refractivity contribution >= 4 is 22.7 Å². The number of pyridine rings is 1. The highest BCUT2D eigenvalue weighted by Crippen LogP contribution is 2.30. The normalized spacial score (nSPS) is 10.7. The quantitative estimate of drug-likeness (QED) is 0.660. The Morgan fingerprint density at radius 2 is 1.83 bits per heavy atom. The second-order valence-corrected chi connectivity index (χ2v) is 4.69. The Morgan fingerprint density at radius 1 is 1.00 bits per heavy atom. The Bertz CT molecular complexity index is 688. The van der Waals surface area contributed by atoms with Gasteiger partial charge >= 0.3 is 0 Å². The van der Waals surface area contributed by atoms with Gasteiger partial charge in [0.15, 0.2) is 0 Å². The first-order chi connectivity index (χ1) is 8.83. The molecule has 0 amide bonds. The molecule has 0 radical (unpaired) electrons. The summed E-state index contributed by atoms with van der Waals surface area (Å²) in [6, 6.07) is 8.29. The first-order valence-corrected chi connectivity index (χ1v) is 6.13. The van der Waals surface area contributed by atoms with Gasteiger partial charge in [-0.3, -0.25) is 4.98 Å². The minimum atomic E-state index is -0.283. The average Bonchev–Trinajstić information content (AvgIpc) is 2.41. The zero-order valence-electron chi connectivity index (χ0n) is 9.25. The van der Waals surface area contributed by atoms with E-state index in [0.29, 0.717) is 0 Å². The van der Waals surface area contributed by atoms with Crippen LogP contribution in [0, 0.1) is 5.82 Å². The summed E-state index contributed by atoms with van der Waals surface area (Å²) in [4.78, 5) is 13.3. The van der Waals surface area contributed by atoms with Gasteiger partial charge in [0.25, 0.3) is 0 Å². The van der Waals surface area contributed by atoms with Gasteiger partial charge in [0.2, 0.25) is 0 Å². The van der Waals surface area contributed by atoms with Crippen LogP contribution in [0.25, 0.3) is 10.9 Å². The predicted octanol–water partition coefficient (Wildman–Crippen LogP) is 3.32. The van der Waals surface area contributed by atoms with Crippen molar-refractivity contribution in [2.24, 2.45) is 0 Å². The first kappa shape index (κ1) is 11.1. The third-order valence-corrected chi connectivity index (χ3v) is 3.45. The maximum atomic E-state index is 13.3. The van der Waals surface area contributed by atoms with E-state index in [4.69, 9.17) is 0 Å². The molecule has 0 spiro atoms. The van der Waals surface area contributed by atoms with Crippen LogP contribution in [0.2, 0.25) is 0 Å². The molecule has 1 aromatic carbocycles. The number of hydrogen-bond donors (Lipinski definition) is 0. The lowest BCUT2D eigenvalue weighted by molar-refractivity contribution is 0.629. The fourth-order valence-corrected chi connectivity index (χ4v) is 2.46. The van der Waals surface area contributed by atoms with Crippen molar-refractivity contribution in [3.05, 3.63) is 54.9 Å². The zero-order chi connectivity index (χ0) is 12.4. The van der Waals surface area contributed by atoms with Crippen LogP contribution in [0.1, 0.15) is 0 Å². The van der Waals surface area contributed by atoms with Gasteiger partial charge in [-0.25, -0.2) is 14.4 Å². The molecule has 2 heterocycles. The third kappa shape index (κ3) is 2.17. The van der Waals surface area contributed by atoms with E-state index >= 15 is 0 Å². The topological polar surface area (TPSA) is 38.7 Å². The van der Waals surface area contributed by atoms with Crippen LogP contribution < -0.4 is 0 Å². The van der Waals surface area contributed by atoms with Crippen LogP contribution in [-0.4, -0.2) is 15.0 Å². The molecule has 2 aromatic heterocycles. The van der Waals surface area contributed by atoms with E-state index < -0.39 is 0 Å². The van der Waals surface area contributed by atoms with Crippen LogP contribution >= 0.6 is 11.8 Å². The van der Waals surface area contributed by atoms with E-state index in [1.165, 1.54) is 30.2 Å². The molecule has 0 fully saturated rings. The maximum absolute atomic E-state index is 13.3. The van der Waals surface area contributed by atoms with E-state index in [0.717, 1.165) is 20.8 Å². The summed E-state index contributed by atoms with van der Waals surface area (Å²) >= 11 is 1.47. The van der Waals surface area contributed by atoms with Crippen molar-refractivity contribution in [3.63, 3.8) is 0 Å². The van der Waals surface area contributed by atoms with Gasteiger partial charge in [-0.15, -0.1) is 0 Å². The highest BCUT2D eigenvalue weighted by atomic mass is 32.2. The Labute approximate surface area is 107 Å². The van der Waals surface area contributed by atoms with Gasteiger partial charge in [-0.1, -0.05) is 11.8 Å². The predicted molar refractivity (Wildman–Crippen MR) is 67.9 cm³/mol. The van der Waals surface area contributed by atoms with Crippen molar-refractivity contribution in [2.45, 2.75) is 9.92 Å².